The number of rotatable bonds is 3. The molecule has 0 unspecified atom stereocenters. The largest absolute Gasteiger partial charge is 0.336 e. The van der Waals surface area contributed by atoms with Crippen LogP contribution < -0.4 is 4.90 Å². The monoisotopic (exact) mass is 406 g/mol. The van der Waals surface area contributed by atoms with E-state index in [0.717, 1.165) is 24.4 Å². The number of nitriles is 1. The number of hydrogen-bond donors (Lipinski definition) is 0. The van der Waals surface area contributed by atoms with Crippen LogP contribution in [0, 0.1) is 18.3 Å². The average Bonchev–Trinajstić information content (AvgIpc) is 3.11. The molecule has 1 aromatic carbocycles. The van der Waals surface area contributed by atoms with Crippen molar-refractivity contribution in [2.75, 3.05) is 37.6 Å². The molecule has 1 atom stereocenters. The van der Waals surface area contributed by atoms with Crippen LogP contribution in [-0.4, -0.2) is 70.2 Å². The smallest absolute Gasteiger partial charge is 0.253 e. The molecule has 0 bridgehead atoms. The summed E-state index contributed by atoms with van der Waals surface area (Å²) in [5.74, 6) is 0.939. The number of benzene rings is 1. The molecule has 2 fully saturated rings. The third-order valence-corrected chi connectivity index (χ3v) is 5.97. The number of piperazine rings is 1. The van der Waals surface area contributed by atoms with Crippen molar-refractivity contribution in [1.82, 2.24) is 19.6 Å². The number of carbonyl (C=O) groups excluding carboxylic acids is 2. The number of aryl methyl sites for hydroxylation is 2. The van der Waals surface area contributed by atoms with Gasteiger partial charge in [-0.1, -0.05) is 0 Å². The van der Waals surface area contributed by atoms with E-state index in [4.69, 9.17) is 5.26 Å². The zero-order valence-corrected chi connectivity index (χ0v) is 17.4. The molecule has 8 nitrogen and oxygen atoms in total. The molecule has 0 N–H and O–H groups in total. The first-order valence-electron chi connectivity index (χ1n) is 10.3. The maximum atomic E-state index is 13.2. The van der Waals surface area contributed by atoms with Gasteiger partial charge in [-0.2, -0.15) is 10.4 Å². The van der Waals surface area contributed by atoms with Crippen molar-refractivity contribution in [2.24, 2.45) is 7.05 Å². The highest BCUT2D eigenvalue weighted by atomic mass is 16.2. The molecule has 2 aliphatic rings. The Morgan fingerprint density at radius 1 is 1.13 bits per heavy atom. The van der Waals surface area contributed by atoms with Crippen molar-refractivity contribution in [3.05, 3.63) is 47.2 Å². The number of nitrogens with zero attached hydrogens (tertiary/aromatic N) is 6. The fourth-order valence-corrected chi connectivity index (χ4v) is 4.38. The minimum absolute atomic E-state index is 0.0268. The summed E-state index contributed by atoms with van der Waals surface area (Å²) in [4.78, 5) is 31.9. The summed E-state index contributed by atoms with van der Waals surface area (Å²) in [7, 11) is 1.87. The number of carbonyl (C=O) groups is 2. The van der Waals surface area contributed by atoms with E-state index in [1.807, 2.05) is 29.8 Å². The van der Waals surface area contributed by atoms with E-state index in [1.54, 1.807) is 28.9 Å². The molecular weight excluding hydrogens is 380 g/mol. The number of hydrogen-bond acceptors (Lipinski definition) is 5. The summed E-state index contributed by atoms with van der Waals surface area (Å²) in [6, 6.07) is 10.6. The molecule has 0 saturated carbocycles. The van der Waals surface area contributed by atoms with Crippen LogP contribution in [0.1, 0.15) is 34.5 Å². The Bertz CT molecular complexity index is 982. The fourth-order valence-electron chi connectivity index (χ4n) is 4.38. The van der Waals surface area contributed by atoms with Gasteiger partial charge in [0.05, 0.1) is 23.4 Å². The van der Waals surface area contributed by atoms with Crippen molar-refractivity contribution >= 4 is 17.6 Å². The summed E-state index contributed by atoms with van der Waals surface area (Å²) < 4.78 is 1.77. The van der Waals surface area contributed by atoms with Gasteiger partial charge in [-0.25, -0.2) is 0 Å². The summed E-state index contributed by atoms with van der Waals surface area (Å²) in [6.45, 7) is 5.18. The zero-order chi connectivity index (χ0) is 21.3. The molecule has 2 saturated heterocycles. The molecule has 3 heterocycles. The van der Waals surface area contributed by atoms with Gasteiger partial charge in [0.25, 0.3) is 5.91 Å². The Labute approximate surface area is 176 Å². The van der Waals surface area contributed by atoms with E-state index in [2.05, 4.69) is 16.1 Å². The molecular formula is C22H26N6O2. The minimum atomic E-state index is -0.152. The summed E-state index contributed by atoms with van der Waals surface area (Å²) >= 11 is 0. The fraction of sp³-hybridized carbons (Fsp3) is 0.455. The molecule has 0 spiro atoms. The van der Waals surface area contributed by atoms with Crippen LogP contribution in [0.25, 0.3) is 0 Å². The molecule has 30 heavy (non-hydrogen) atoms. The first-order valence-corrected chi connectivity index (χ1v) is 10.3. The molecule has 1 aromatic heterocycles. The Kier molecular flexibility index (Phi) is 5.55. The SMILES string of the molecule is Cc1cc(N2CCC[C@H](N3CCN(C(=O)c4ccc(C#N)cc4)CC3)C2=O)n(C)n1. The molecule has 4 rings (SSSR count). The molecule has 156 valence electrons. The average molecular weight is 406 g/mol. The third kappa shape index (κ3) is 3.81. The number of amides is 2. The van der Waals surface area contributed by atoms with Gasteiger partial charge >= 0.3 is 0 Å². The van der Waals surface area contributed by atoms with Crippen molar-refractivity contribution in [3.8, 4) is 6.07 Å². The number of anilines is 1. The lowest BCUT2D eigenvalue weighted by Gasteiger charge is -2.42. The Morgan fingerprint density at radius 2 is 1.83 bits per heavy atom. The quantitative estimate of drug-likeness (QED) is 0.772. The third-order valence-electron chi connectivity index (χ3n) is 5.97. The van der Waals surface area contributed by atoms with Crippen LogP contribution >= 0.6 is 0 Å². The number of piperidine rings is 1. The summed E-state index contributed by atoms with van der Waals surface area (Å²) in [5.41, 5.74) is 2.03. The Balaban J connectivity index is 1.39. The first kappa shape index (κ1) is 20.1. The lowest BCUT2D eigenvalue weighted by molar-refractivity contribution is -0.126. The number of aromatic nitrogens is 2. The zero-order valence-electron chi connectivity index (χ0n) is 17.4. The van der Waals surface area contributed by atoms with Crippen molar-refractivity contribution in [1.29, 1.82) is 5.26 Å². The van der Waals surface area contributed by atoms with Gasteiger partial charge in [-0.15, -0.1) is 0 Å². The van der Waals surface area contributed by atoms with Crippen LogP contribution in [0.15, 0.2) is 30.3 Å². The molecule has 2 aromatic rings. The highest BCUT2D eigenvalue weighted by molar-refractivity contribution is 5.97. The van der Waals surface area contributed by atoms with Crippen LogP contribution in [0.4, 0.5) is 5.82 Å². The lowest BCUT2D eigenvalue weighted by Crippen LogP contribution is -2.58. The van der Waals surface area contributed by atoms with Gasteiger partial charge in [0.1, 0.15) is 5.82 Å². The van der Waals surface area contributed by atoms with Gasteiger partial charge in [0, 0.05) is 51.4 Å². The van der Waals surface area contributed by atoms with E-state index in [9.17, 15) is 9.59 Å². The maximum absolute atomic E-state index is 13.2. The van der Waals surface area contributed by atoms with Crippen molar-refractivity contribution < 1.29 is 9.59 Å². The van der Waals surface area contributed by atoms with E-state index >= 15 is 0 Å². The molecule has 2 amide bonds. The van der Waals surface area contributed by atoms with Gasteiger partial charge in [-0.3, -0.25) is 24.1 Å². The van der Waals surface area contributed by atoms with E-state index in [1.165, 1.54) is 0 Å². The lowest BCUT2D eigenvalue weighted by atomic mass is 10.0. The van der Waals surface area contributed by atoms with Crippen LogP contribution in [0.3, 0.4) is 0 Å². The topological polar surface area (TPSA) is 85.5 Å². The second-order valence-corrected chi connectivity index (χ2v) is 7.93. The Hall–Kier alpha value is -3.18. The van der Waals surface area contributed by atoms with Gasteiger partial charge in [-0.05, 0) is 44.0 Å². The van der Waals surface area contributed by atoms with Crippen molar-refractivity contribution in [3.63, 3.8) is 0 Å². The molecule has 8 heteroatoms. The predicted octanol–water partition coefficient (Wildman–Crippen LogP) is 1.55. The van der Waals surface area contributed by atoms with E-state index < -0.39 is 0 Å². The summed E-state index contributed by atoms with van der Waals surface area (Å²) in [5, 5.41) is 13.3. The van der Waals surface area contributed by atoms with Gasteiger partial charge < -0.3 is 4.90 Å². The van der Waals surface area contributed by atoms with E-state index in [0.29, 0.717) is 43.9 Å². The van der Waals surface area contributed by atoms with Crippen LogP contribution in [0.2, 0.25) is 0 Å². The highest BCUT2D eigenvalue weighted by Gasteiger charge is 2.37. The van der Waals surface area contributed by atoms with Crippen LogP contribution in [0.5, 0.6) is 0 Å². The molecule has 0 radical (unpaired) electrons. The summed E-state index contributed by atoms with van der Waals surface area (Å²) in [6.07, 6.45) is 1.79. The van der Waals surface area contributed by atoms with Crippen LogP contribution in [-0.2, 0) is 11.8 Å². The second kappa shape index (κ2) is 8.28. The van der Waals surface area contributed by atoms with Gasteiger partial charge in [0.15, 0.2) is 0 Å². The van der Waals surface area contributed by atoms with E-state index in [-0.39, 0.29) is 17.9 Å². The highest BCUT2D eigenvalue weighted by Crippen LogP contribution is 2.25. The van der Waals surface area contributed by atoms with Crippen molar-refractivity contribution in [2.45, 2.75) is 25.8 Å². The Morgan fingerprint density at radius 3 is 2.43 bits per heavy atom. The van der Waals surface area contributed by atoms with Gasteiger partial charge in [0.2, 0.25) is 5.91 Å². The maximum Gasteiger partial charge on any atom is 0.253 e. The second-order valence-electron chi connectivity index (χ2n) is 7.93. The standard InChI is InChI=1S/C22H26N6O2/c1-16-14-20(25(2)24-16)28-9-3-4-19(22(28)30)26-10-12-27(13-11-26)21(29)18-7-5-17(15-23)6-8-18/h5-8,14,19H,3-4,9-13H2,1-2H3/t19-/m0/s1. The predicted molar refractivity (Wildman–Crippen MR) is 112 cm³/mol. The minimum Gasteiger partial charge on any atom is -0.336 e. The molecule has 2 aliphatic heterocycles. The molecule has 0 aliphatic carbocycles. The first-order chi connectivity index (χ1) is 14.5. The normalized spacial score (nSPS) is 20.3.